The van der Waals surface area contributed by atoms with Gasteiger partial charge in [0.05, 0.1) is 0 Å². The summed E-state index contributed by atoms with van der Waals surface area (Å²) in [6, 6.07) is 3.63. The Hall–Kier alpha value is -1.36. The van der Waals surface area contributed by atoms with Gasteiger partial charge in [0.25, 0.3) is 5.91 Å². The van der Waals surface area contributed by atoms with E-state index in [9.17, 15) is 22.0 Å². The molecule has 0 bridgehead atoms. The average molecular weight is 482 g/mol. The highest BCUT2D eigenvalue weighted by atomic mass is 35.5. The van der Waals surface area contributed by atoms with Crippen LogP contribution in [-0.4, -0.2) is 52.6 Å². The number of rotatable bonds is 7. The van der Waals surface area contributed by atoms with Crippen LogP contribution < -0.4 is 5.48 Å². The zero-order valence-corrected chi connectivity index (χ0v) is 19.2. The van der Waals surface area contributed by atoms with E-state index in [-0.39, 0.29) is 57.1 Å². The van der Waals surface area contributed by atoms with E-state index in [0.717, 1.165) is 18.2 Å². The van der Waals surface area contributed by atoms with E-state index in [1.54, 1.807) is 17.7 Å². The van der Waals surface area contributed by atoms with Crippen LogP contribution >= 0.6 is 12.4 Å². The molecule has 1 amide bonds. The van der Waals surface area contributed by atoms with Gasteiger partial charge in [-0.05, 0) is 50.7 Å². The number of nitrogens with zero attached hydrogens (tertiary/aromatic N) is 2. The van der Waals surface area contributed by atoms with E-state index in [0.29, 0.717) is 25.7 Å². The van der Waals surface area contributed by atoms with Gasteiger partial charge in [-0.1, -0.05) is 18.9 Å². The molecule has 0 radical (unpaired) electrons. The second kappa shape index (κ2) is 10.1. The van der Waals surface area contributed by atoms with Crippen LogP contribution in [0.5, 0.6) is 0 Å². The van der Waals surface area contributed by atoms with Crippen molar-refractivity contribution in [2.75, 3.05) is 13.1 Å². The lowest BCUT2D eigenvalue weighted by Gasteiger charge is -2.37. The standard InChI is InChI=1S/C20H29F2N3O4S.ClH/c1-19(21,22)11-6-15-4-5-17(23-14-15)16-7-12-25(13-8-16)30(28,29)20(18(26)24-27)9-2-3-10-20;/h4-5,14,16,27H,2-3,6-13H2,1H3,(H,24,26);1H. The normalized spacial score (nSPS) is 20.3. The van der Waals surface area contributed by atoms with Crippen LogP contribution in [0.1, 0.15) is 69.0 Å². The number of carbonyl (C=O) groups is 1. The Morgan fingerprint density at radius 3 is 2.39 bits per heavy atom. The third-order valence-electron chi connectivity index (χ3n) is 6.33. The van der Waals surface area contributed by atoms with Gasteiger partial charge in [-0.25, -0.2) is 27.0 Å². The molecule has 31 heavy (non-hydrogen) atoms. The van der Waals surface area contributed by atoms with Crippen LogP contribution in [0.15, 0.2) is 18.3 Å². The zero-order valence-electron chi connectivity index (χ0n) is 17.5. The number of hydrogen-bond acceptors (Lipinski definition) is 5. The topological polar surface area (TPSA) is 99.6 Å². The summed E-state index contributed by atoms with van der Waals surface area (Å²) in [7, 11) is -3.90. The third-order valence-corrected chi connectivity index (χ3v) is 8.96. The fourth-order valence-corrected chi connectivity index (χ4v) is 6.75. The quantitative estimate of drug-likeness (QED) is 0.459. The predicted molar refractivity (Wildman–Crippen MR) is 114 cm³/mol. The van der Waals surface area contributed by atoms with Crippen LogP contribution in [0.25, 0.3) is 0 Å². The number of hydrogen-bond donors (Lipinski definition) is 2. The molecular formula is C20H30ClF2N3O4S. The van der Waals surface area contributed by atoms with Gasteiger partial charge in [0.1, 0.15) is 0 Å². The molecule has 11 heteroatoms. The number of alkyl halides is 2. The maximum Gasteiger partial charge on any atom is 0.266 e. The highest BCUT2D eigenvalue weighted by Crippen LogP contribution is 2.41. The molecule has 1 saturated carbocycles. The Kier molecular flexibility index (Phi) is 8.40. The molecular weight excluding hydrogens is 452 g/mol. The third kappa shape index (κ3) is 5.53. The highest BCUT2D eigenvalue weighted by Gasteiger charge is 2.55. The van der Waals surface area contributed by atoms with E-state index >= 15 is 0 Å². The molecule has 7 nitrogen and oxygen atoms in total. The second-order valence-electron chi connectivity index (χ2n) is 8.48. The van der Waals surface area contributed by atoms with Crippen molar-refractivity contribution in [3.8, 4) is 0 Å². The molecule has 176 valence electrons. The fourth-order valence-electron chi connectivity index (χ4n) is 4.48. The molecule has 0 atom stereocenters. The lowest BCUT2D eigenvalue weighted by molar-refractivity contribution is -0.131. The Morgan fingerprint density at radius 1 is 1.29 bits per heavy atom. The maximum absolute atomic E-state index is 13.2. The van der Waals surface area contributed by atoms with Gasteiger partial charge in [-0.15, -0.1) is 12.4 Å². The van der Waals surface area contributed by atoms with Gasteiger partial charge in [-0.3, -0.25) is 15.0 Å². The van der Waals surface area contributed by atoms with Crippen molar-refractivity contribution >= 4 is 28.3 Å². The first-order valence-electron chi connectivity index (χ1n) is 10.4. The van der Waals surface area contributed by atoms with E-state index < -0.39 is 26.6 Å². The molecule has 3 rings (SSSR count). The largest absolute Gasteiger partial charge is 0.289 e. The molecule has 2 aliphatic rings. The average Bonchev–Trinajstić information content (AvgIpc) is 3.23. The van der Waals surface area contributed by atoms with Crippen molar-refractivity contribution in [2.24, 2.45) is 0 Å². The summed E-state index contributed by atoms with van der Waals surface area (Å²) in [5.74, 6) is -3.48. The number of aryl methyl sites for hydroxylation is 1. The minimum atomic E-state index is -3.90. The minimum Gasteiger partial charge on any atom is -0.289 e. The minimum absolute atomic E-state index is 0. The lowest BCUT2D eigenvalue weighted by atomic mass is 9.93. The van der Waals surface area contributed by atoms with Gasteiger partial charge < -0.3 is 0 Å². The number of amides is 1. The van der Waals surface area contributed by atoms with Gasteiger partial charge in [-0.2, -0.15) is 0 Å². The molecule has 1 aromatic heterocycles. The molecule has 2 fully saturated rings. The molecule has 0 unspecified atom stereocenters. The SMILES string of the molecule is CC(F)(F)CCc1ccc(C2CCN(S(=O)(=O)C3(C(=O)NO)CCCC3)CC2)nc1.Cl. The van der Waals surface area contributed by atoms with Crippen molar-refractivity contribution in [1.82, 2.24) is 14.8 Å². The van der Waals surface area contributed by atoms with E-state index in [4.69, 9.17) is 5.21 Å². The molecule has 0 spiro atoms. The lowest BCUT2D eigenvalue weighted by Crippen LogP contribution is -2.56. The Bertz CT molecular complexity index is 848. The van der Waals surface area contributed by atoms with Crippen molar-refractivity contribution < 1.29 is 27.2 Å². The van der Waals surface area contributed by atoms with Gasteiger partial charge in [0.15, 0.2) is 4.75 Å². The number of carbonyl (C=O) groups excluding carboxylic acids is 1. The first-order chi connectivity index (χ1) is 14.1. The molecule has 1 aliphatic carbocycles. The van der Waals surface area contributed by atoms with Gasteiger partial charge >= 0.3 is 0 Å². The van der Waals surface area contributed by atoms with Crippen LogP contribution in [0.4, 0.5) is 8.78 Å². The van der Waals surface area contributed by atoms with Gasteiger partial charge in [0.2, 0.25) is 15.9 Å². The first-order valence-corrected chi connectivity index (χ1v) is 11.8. The van der Waals surface area contributed by atoms with Crippen LogP contribution in [0.2, 0.25) is 0 Å². The summed E-state index contributed by atoms with van der Waals surface area (Å²) >= 11 is 0. The molecule has 1 aliphatic heterocycles. The van der Waals surface area contributed by atoms with E-state index in [1.165, 1.54) is 4.31 Å². The predicted octanol–water partition coefficient (Wildman–Crippen LogP) is 3.42. The number of hydroxylamine groups is 1. The van der Waals surface area contributed by atoms with Crippen molar-refractivity contribution in [2.45, 2.75) is 74.9 Å². The smallest absolute Gasteiger partial charge is 0.266 e. The molecule has 0 aromatic carbocycles. The molecule has 2 N–H and O–H groups in total. The number of piperidine rings is 1. The second-order valence-corrected chi connectivity index (χ2v) is 10.7. The number of pyridine rings is 1. The summed E-state index contributed by atoms with van der Waals surface area (Å²) in [4.78, 5) is 16.6. The fraction of sp³-hybridized carbons (Fsp3) is 0.700. The summed E-state index contributed by atoms with van der Waals surface area (Å²) in [5.41, 5.74) is 3.12. The number of aromatic nitrogens is 1. The molecule has 1 aromatic rings. The van der Waals surface area contributed by atoms with Crippen molar-refractivity contribution in [3.63, 3.8) is 0 Å². The Labute approximate surface area is 188 Å². The monoisotopic (exact) mass is 481 g/mol. The van der Waals surface area contributed by atoms with Crippen LogP contribution in [0, 0.1) is 0 Å². The van der Waals surface area contributed by atoms with Crippen LogP contribution in [-0.2, 0) is 21.2 Å². The van der Waals surface area contributed by atoms with Crippen molar-refractivity contribution in [1.29, 1.82) is 0 Å². The molecule has 2 heterocycles. The highest BCUT2D eigenvalue weighted by molar-refractivity contribution is 7.91. The number of halogens is 3. The van der Waals surface area contributed by atoms with Crippen molar-refractivity contribution in [3.05, 3.63) is 29.6 Å². The number of sulfonamides is 1. The summed E-state index contributed by atoms with van der Waals surface area (Å²) in [6.45, 7) is 1.45. The van der Waals surface area contributed by atoms with Gasteiger partial charge in [0, 0.05) is 37.3 Å². The summed E-state index contributed by atoms with van der Waals surface area (Å²) in [6.07, 6.45) is 4.44. The first kappa shape index (κ1) is 25.9. The summed E-state index contributed by atoms with van der Waals surface area (Å²) in [5, 5.41) is 9.09. The number of nitrogens with one attached hydrogen (secondary N) is 1. The zero-order chi connectivity index (χ0) is 22.0. The molecule has 1 saturated heterocycles. The van der Waals surface area contributed by atoms with Crippen LogP contribution in [0.3, 0.4) is 0 Å². The Balaban J connectivity index is 0.00000341. The maximum atomic E-state index is 13.2. The summed E-state index contributed by atoms with van der Waals surface area (Å²) < 4.78 is 52.3. The van der Waals surface area contributed by atoms with E-state index in [1.807, 2.05) is 6.07 Å². The van der Waals surface area contributed by atoms with E-state index in [2.05, 4.69) is 4.98 Å². The Morgan fingerprint density at radius 2 is 1.90 bits per heavy atom.